The topological polar surface area (TPSA) is 32.3 Å². The van der Waals surface area contributed by atoms with E-state index in [4.69, 9.17) is 0 Å². The van der Waals surface area contributed by atoms with Crippen molar-refractivity contribution in [2.24, 2.45) is 0 Å². The highest BCUT2D eigenvalue weighted by Gasteiger charge is 2.19. The molecule has 0 saturated carbocycles. The van der Waals surface area contributed by atoms with Crippen LogP contribution in [0.4, 0.5) is 0 Å². The van der Waals surface area contributed by atoms with Gasteiger partial charge in [0.1, 0.15) is 0 Å². The van der Waals surface area contributed by atoms with Crippen molar-refractivity contribution in [1.82, 2.24) is 10.2 Å². The monoisotopic (exact) mass is 324 g/mol. The summed E-state index contributed by atoms with van der Waals surface area (Å²) in [7, 11) is 2.08. The number of benzene rings is 2. The number of nitrogens with zero attached hydrogens (tertiary/aromatic N) is 1. The first-order valence-electron chi connectivity index (χ1n) is 8.75. The molecule has 0 fully saturated rings. The minimum Gasteiger partial charge on any atom is -0.354 e. The van der Waals surface area contributed by atoms with E-state index >= 15 is 0 Å². The normalized spacial score (nSPS) is 12.1. The number of hydrogen-bond donors (Lipinski definition) is 1. The van der Waals surface area contributed by atoms with Gasteiger partial charge < -0.3 is 10.2 Å². The summed E-state index contributed by atoms with van der Waals surface area (Å²) in [6.45, 7) is 4.54. The van der Waals surface area contributed by atoms with Crippen molar-refractivity contribution in [1.29, 1.82) is 0 Å². The van der Waals surface area contributed by atoms with Crippen molar-refractivity contribution in [3.8, 4) is 0 Å². The molecule has 128 valence electrons. The molecular formula is C21H28N2O. The summed E-state index contributed by atoms with van der Waals surface area (Å²) in [5, 5.41) is 3.10. The van der Waals surface area contributed by atoms with Gasteiger partial charge in [0.2, 0.25) is 5.91 Å². The highest BCUT2D eigenvalue weighted by atomic mass is 16.1. The largest absolute Gasteiger partial charge is 0.354 e. The van der Waals surface area contributed by atoms with Gasteiger partial charge in [-0.25, -0.2) is 0 Å². The molecule has 0 aliphatic carbocycles. The van der Waals surface area contributed by atoms with Crippen LogP contribution >= 0.6 is 0 Å². The third kappa shape index (κ3) is 5.82. The van der Waals surface area contributed by atoms with Crippen LogP contribution < -0.4 is 5.32 Å². The lowest BCUT2D eigenvalue weighted by Gasteiger charge is -2.20. The van der Waals surface area contributed by atoms with E-state index in [2.05, 4.69) is 48.5 Å². The van der Waals surface area contributed by atoms with Crippen molar-refractivity contribution >= 4 is 5.91 Å². The average molecular weight is 324 g/mol. The van der Waals surface area contributed by atoms with Gasteiger partial charge in [-0.05, 0) is 24.6 Å². The zero-order valence-corrected chi connectivity index (χ0v) is 14.7. The van der Waals surface area contributed by atoms with Crippen molar-refractivity contribution in [2.45, 2.75) is 32.2 Å². The van der Waals surface area contributed by atoms with Crippen LogP contribution in [0.2, 0.25) is 0 Å². The Hall–Kier alpha value is -2.13. The third-order valence-corrected chi connectivity index (χ3v) is 4.18. The Balaban J connectivity index is 1.80. The average Bonchev–Trinajstić information content (AvgIpc) is 2.61. The molecule has 0 bridgehead atoms. The highest BCUT2D eigenvalue weighted by Crippen LogP contribution is 2.21. The molecule has 1 unspecified atom stereocenters. The predicted molar refractivity (Wildman–Crippen MR) is 99.9 cm³/mol. The quantitative estimate of drug-likeness (QED) is 0.760. The van der Waals surface area contributed by atoms with Gasteiger partial charge in [0.25, 0.3) is 0 Å². The maximum Gasteiger partial charge on any atom is 0.227 e. The lowest BCUT2D eigenvalue weighted by Crippen LogP contribution is -2.35. The van der Waals surface area contributed by atoms with Gasteiger partial charge in [-0.1, -0.05) is 74.0 Å². The van der Waals surface area contributed by atoms with E-state index in [-0.39, 0.29) is 11.8 Å². The van der Waals surface area contributed by atoms with Crippen LogP contribution in [0.5, 0.6) is 0 Å². The number of carbonyl (C=O) groups is 1. The number of amides is 1. The summed E-state index contributed by atoms with van der Waals surface area (Å²) in [4.78, 5) is 14.8. The first-order chi connectivity index (χ1) is 11.7. The number of carbonyl (C=O) groups excluding carboxylic acids is 1. The van der Waals surface area contributed by atoms with Crippen LogP contribution in [0, 0.1) is 0 Å². The van der Waals surface area contributed by atoms with Gasteiger partial charge in [-0.3, -0.25) is 4.79 Å². The molecule has 0 aliphatic heterocycles. The maximum absolute atomic E-state index is 12.5. The van der Waals surface area contributed by atoms with Gasteiger partial charge in [0, 0.05) is 19.6 Å². The minimum atomic E-state index is -0.0457. The Labute approximate surface area is 145 Å². The molecule has 0 aromatic heterocycles. The van der Waals surface area contributed by atoms with Crippen molar-refractivity contribution in [3.63, 3.8) is 0 Å². The number of nitrogens with one attached hydrogen (secondary N) is 1. The van der Waals surface area contributed by atoms with Gasteiger partial charge in [0.15, 0.2) is 0 Å². The van der Waals surface area contributed by atoms with E-state index in [9.17, 15) is 4.79 Å². The Morgan fingerprint density at radius 2 is 1.67 bits per heavy atom. The van der Waals surface area contributed by atoms with Crippen LogP contribution in [-0.4, -0.2) is 30.9 Å². The molecular weight excluding hydrogens is 296 g/mol. The molecule has 1 N–H and O–H groups in total. The summed E-state index contributed by atoms with van der Waals surface area (Å²) < 4.78 is 0. The summed E-state index contributed by atoms with van der Waals surface area (Å²) >= 11 is 0. The first-order valence-corrected chi connectivity index (χ1v) is 8.75. The fourth-order valence-electron chi connectivity index (χ4n) is 2.89. The molecule has 0 radical (unpaired) electrons. The summed E-state index contributed by atoms with van der Waals surface area (Å²) in [6.07, 6.45) is 1.89. The van der Waals surface area contributed by atoms with Gasteiger partial charge in [-0.2, -0.15) is 0 Å². The van der Waals surface area contributed by atoms with E-state index in [1.807, 2.05) is 36.4 Å². The zero-order valence-electron chi connectivity index (χ0n) is 14.7. The second kappa shape index (κ2) is 9.89. The Bertz CT molecular complexity index is 598. The molecule has 1 atom stereocenters. The summed E-state index contributed by atoms with van der Waals surface area (Å²) in [6, 6.07) is 20.5. The van der Waals surface area contributed by atoms with E-state index in [0.29, 0.717) is 6.54 Å². The van der Waals surface area contributed by atoms with Crippen molar-refractivity contribution in [2.75, 3.05) is 20.1 Å². The van der Waals surface area contributed by atoms with E-state index < -0.39 is 0 Å². The van der Waals surface area contributed by atoms with E-state index in [1.54, 1.807) is 0 Å². The van der Waals surface area contributed by atoms with Crippen LogP contribution in [0.15, 0.2) is 60.7 Å². The summed E-state index contributed by atoms with van der Waals surface area (Å²) in [5.74, 6) is 0.0896. The van der Waals surface area contributed by atoms with Crippen molar-refractivity contribution in [3.05, 3.63) is 71.8 Å². The maximum atomic E-state index is 12.5. The van der Waals surface area contributed by atoms with Crippen LogP contribution in [-0.2, 0) is 11.3 Å². The molecule has 1 amide bonds. The van der Waals surface area contributed by atoms with Gasteiger partial charge in [0.05, 0.1) is 5.92 Å². The number of likely N-dealkylation sites (N-methyl/N-ethyl adjacent to an activating group) is 1. The molecule has 24 heavy (non-hydrogen) atoms. The third-order valence-electron chi connectivity index (χ3n) is 4.18. The second-order valence-electron chi connectivity index (χ2n) is 6.27. The van der Waals surface area contributed by atoms with E-state index in [1.165, 1.54) is 5.56 Å². The molecule has 2 rings (SSSR count). The molecule has 0 heterocycles. The molecule has 0 saturated heterocycles. The van der Waals surface area contributed by atoms with Crippen LogP contribution in [0.3, 0.4) is 0 Å². The number of hydrogen-bond acceptors (Lipinski definition) is 2. The molecule has 3 heteroatoms. The zero-order chi connectivity index (χ0) is 17.2. The first kappa shape index (κ1) is 18.2. The molecule has 0 spiro atoms. The van der Waals surface area contributed by atoms with E-state index in [0.717, 1.165) is 31.5 Å². The van der Waals surface area contributed by atoms with Gasteiger partial charge >= 0.3 is 0 Å². The SMILES string of the molecule is CCCC(C(=O)NCCN(C)Cc1ccccc1)c1ccccc1. The van der Waals surface area contributed by atoms with Crippen LogP contribution in [0.1, 0.15) is 36.8 Å². The molecule has 2 aromatic rings. The Kier molecular flexibility index (Phi) is 7.50. The minimum absolute atomic E-state index is 0.0457. The van der Waals surface area contributed by atoms with Crippen LogP contribution in [0.25, 0.3) is 0 Å². The molecule has 0 aliphatic rings. The molecule has 3 nitrogen and oxygen atoms in total. The second-order valence-corrected chi connectivity index (χ2v) is 6.27. The summed E-state index contributed by atoms with van der Waals surface area (Å²) in [5.41, 5.74) is 2.40. The lowest BCUT2D eigenvalue weighted by atomic mass is 9.94. The standard InChI is InChI=1S/C21H28N2O/c1-3-10-20(19-13-8-5-9-14-19)21(24)22-15-16-23(2)17-18-11-6-4-7-12-18/h4-9,11-14,20H,3,10,15-17H2,1-2H3,(H,22,24). The number of rotatable bonds is 9. The Morgan fingerprint density at radius 3 is 2.29 bits per heavy atom. The van der Waals surface area contributed by atoms with Crippen molar-refractivity contribution < 1.29 is 4.79 Å². The Morgan fingerprint density at radius 1 is 1.04 bits per heavy atom. The predicted octanol–water partition coefficient (Wildman–Crippen LogP) is 3.82. The molecule has 2 aromatic carbocycles. The lowest BCUT2D eigenvalue weighted by molar-refractivity contribution is -0.122. The van der Waals surface area contributed by atoms with Gasteiger partial charge in [-0.15, -0.1) is 0 Å². The fraction of sp³-hybridized carbons (Fsp3) is 0.381. The smallest absolute Gasteiger partial charge is 0.227 e. The fourth-order valence-corrected chi connectivity index (χ4v) is 2.89. The highest BCUT2D eigenvalue weighted by molar-refractivity contribution is 5.83.